The number of rotatable bonds is 2. The summed E-state index contributed by atoms with van der Waals surface area (Å²) in [6.07, 6.45) is 2.02. The van der Waals surface area contributed by atoms with Crippen LogP contribution in [0.25, 0.3) is 10.9 Å². The van der Waals surface area contributed by atoms with Gasteiger partial charge in [-0.1, -0.05) is 6.07 Å². The van der Waals surface area contributed by atoms with Crippen molar-refractivity contribution < 1.29 is 7.85 Å². The minimum Gasteiger partial charge on any atom is -0.507 e. The molecule has 3 N–H and O–H groups in total. The summed E-state index contributed by atoms with van der Waals surface area (Å²) < 4.78 is 16.7. The van der Waals surface area contributed by atoms with E-state index in [9.17, 15) is 5.11 Å². The number of aromatic hydroxyl groups is 1. The van der Waals surface area contributed by atoms with Gasteiger partial charge in [0.15, 0.2) is 0 Å². The van der Waals surface area contributed by atoms with Crippen LogP contribution in [-0.2, 0) is 6.37 Å². The average Bonchev–Trinajstić information content (AvgIpc) is 2.99. The zero-order valence-electron chi connectivity index (χ0n) is 11.0. The lowest BCUT2D eigenvalue weighted by Gasteiger charge is -2.09. The molecule has 1 saturated heterocycles. The predicted octanol–water partition coefficient (Wildman–Crippen LogP) is 2.17. The summed E-state index contributed by atoms with van der Waals surface area (Å²) in [5.74, 6) is 0.130. The zero-order chi connectivity index (χ0) is 12.8. The lowest BCUT2D eigenvalue weighted by Crippen LogP contribution is -2.23. The fraction of sp³-hybridized carbons (Fsp3) is 0.385. The number of H-pyrrole nitrogens is 1. The van der Waals surface area contributed by atoms with E-state index in [0.29, 0.717) is 10.9 Å². The quantitative estimate of drug-likeness (QED) is 0.723. The summed E-state index contributed by atoms with van der Waals surface area (Å²) in [7, 11) is 0. The van der Waals surface area contributed by atoms with Gasteiger partial charge in [-0.15, -0.1) is 0 Å². The number of phenolic OH excluding ortho intramolecular Hbond substituents is 1. The van der Waals surface area contributed by atoms with Gasteiger partial charge in [0.05, 0.1) is 0 Å². The Kier molecular flexibility index (Phi) is 1.85. The van der Waals surface area contributed by atoms with Gasteiger partial charge in [-0.05, 0) is 43.5 Å². The van der Waals surface area contributed by atoms with E-state index in [-0.39, 0.29) is 11.8 Å². The second-order valence-electron chi connectivity index (χ2n) is 4.20. The topological polar surface area (TPSA) is 48.0 Å². The Hall–Kier alpha value is -1.48. The molecule has 1 aliphatic heterocycles. The van der Waals surface area contributed by atoms with E-state index in [2.05, 4.69) is 10.3 Å². The molecule has 2 aromatic rings. The molecule has 1 atom stereocenters. The highest BCUT2D eigenvalue weighted by molar-refractivity contribution is 5.89. The summed E-state index contributed by atoms with van der Waals surface area (Å²) in [5, 5.41) is 13.7. The molecular formula is C13H16N2O. The molecule has 3 rings (SSSR count). The van der Waals surface area contributed by atoms with Crippen LogP contribution in [0.2, 0.25) is 0 Å². The van der Waals surface area contributed by atoms with E-state index in [0.717, 1.165) is 24.9 Å². The summed E-state index contributed by atoms with van der Waals surface area (Å²) in [4.78, 5) is 3.03. The minimum atomic E-state index is -1.48. The minimum absolute atomic E-state index is 0.130. The van der Waals surface area contributed by atoms with Gasteiger partial charge in [-0.25, -0.2) is 0 Å². The number of fused-ring (bicyclic) bond motifs is 1. The number of hydrogen-bond donors (Lipinski definition) is 3. The predicted molar refractivity (Wildman–Crippen MR) is 64.7 cm³/mol. The molecule has 1 fully saturated rings. The molecule has 1 aliphatic rings. The summed E-state index contributed by atoms with van der Waals surface area (Å²) in [6, 6.07) is 5.01. The van der Waals surface area contributed by atoms with Crippen molar-refractivity contribution in [2.24, 2.45) is 0 Å². The van der Waals surface area contributed by atoms with Crippen LogP contribution in [-0.4, -0.2) is 22.7 Å². The summed E-state index contributed by atoms with van der Waals surface area (Å²) >= 11 is 0. The first-order valence-corrected chi connectivity index (χ1v) is 5.63. The molecule has 0 bridgehead atoms. The molecule has 1 aromatic heterocycles. The van der Waals surface area contributed by atoms with Gasteiger partial charge in [0, 0.05) is 25.9 Å². The van der Waals surface area contributed by atoms with Crippen LogP contribution in [0.1, 0.15) is 21.1 Å². The van der Waals surface area contributed by atoms with E-state index in [4.69, 9.17) is 2.74 Å². The summed E-state index contributed by atoms with van der Waals surface area (Å²) in [6.45, 7) is 0.860. The molecule has 0 aliphatic carbocycles. The number of phenols is 1. The molecule has 3 heteroatoms. The standard InChI is InChI=1S/C13H16N2O/c16-12-5-1-4-11-13(12)9(8-15-11)7-10-3-2-6-14-10/h1,4-5,8,10,14-16H,2-3,6-7H2/t10-/m0/s1/i7D2. The molecular weight excluding hydrogens is 200 g/mol. The lowest BCUT2D eigenvalue weighted by molar-refractivity contribution is 0.481. The highest BCUT2D eigenvalue weighted by Crippen LogP contribution is 2.29. The summed E-state index contributed by atoms with van der Waals surface area (Å²) in [5.41, 5.74) is 1.31. The van der Waals surface area contributed by atoms with E-state index in [1.807, 2.05) is 6.07 Å². The molecule has 3 nitrogen and oxygen atoms in total. The van der Waals surface area contributed by atoms with Crippen LogP contribution >= 0.6 is 0 Å². The lowest BCUT2D eigenvalue weighted by atomic mass is 10.0. The first kappa shape index (κ1) is 7.74. The van der Waals surface area contributed by atoms with Crippen LogP contribution in [0.15, 0.2) is 24.4 Å². The Labute approximate surface area is 97.3 Å². The van der Waals surface area contributed by atoms with Crippen LogP contribution in [0.3, 0.4) is 0 Å². The fourth-order valence-corrected chi connectivity index (χ4v) is 2.27. The van der Waals surface area contributed by atoms with Gasteiger partial charge in [0.2, 0.25) is 0 Å². The maximum absolute atomic E-state index is 9.94. The second kappa shape index (κ2) is 3.83. The molecule has 0 radical (unpaired) electrons. The molecule has 0 saturated carbocycles. The van der Waals surface area contributed by atoms with Crippen molar-refractivity contribution in [2.45, 2.75) is 25.3 Å². The van der Waals surface area contributed by atoms with Crippen LogP contribution in [0.4, 0.5) is 0 Å². The molecule has 84 valence electrons. The first-order valence-electron chi connectivity index (χ1n) is 6.63. The first-order chi connectivity index (χ1) is 8.60. The SMILES string of the molecule is [2H]C([2H])(c1c[nH]c2cccc(O)c12)[C@@H]1CCCN1. The Morgan fingerprint density at radius 1 is 1.50 bits per heavy atom. The molecule has 0 spiro atoms. The van der Waals surface area contributed by atoms with Crippen molar-refractivity contribution in [3.63, 3.8) is 0 Å². The maximum Gasteiger partial charge on any atom is 0.125 e. The number of aromatic nitrogens is 1. The highest BCUT2D eigenvalue weighted by atomic mass is 16.3. The fourth-order valence-electron chi connectivity index (χ4n) is 2.27. The van der Waals surface area contributed by atoms with Gasteiger partial charge >= 0.3 is 0 Å². The average molecular weight is 218 g/mol. The van der Waals surface area contributed by atoms with Crippen molar-refractivity contribution in [2.75, 3.05) is 6.54 Å². The Morgan fingerprint density at radius 2 is 2.44 bits per heavy atom. The Morgan fingerprint density at radius 3 is 3.25 bits per heavy atom. The monoisotopic (exact) mass is 218 g/mol. The molecule has 0 unspecified atom stereocenters. The van der Waals surface area contributed by atoms with E-state index >= 15 is 0 Å². The second-order valence-corrected chi connectivity index (χ2v) is 4.20. The third kappa shape index (κ3) is 1.57. The third-order valence-electron chi connectivity index (χ3n) is 3.07. The molecule has 0 amide bonds. The van der Waals surface area contributed by atoms with E-state index in [1.54, 1.807) is 18.3 Å². The van der Waals surface area contributed by atoms with Gasteiger partial charge in [0.1, 0.15) is 5.75 Å². The highest BCUT2D eigenvalue weighted by Gasteiger charge is 2.17. The van der Waals surface area contributed by atoms with Crippen LogP contribution in [0.5, 0.6) is 5.75 Å². The third-order valence-corrected chi connectivity index (χ3v) is 3.07. The number of aromatic amines is 1. The van der Waals surface area contributed by atoms with Crippen molar-refractivity contribution in [3.05, 3.63) is 30.0 Å². The molecule has 2 heterocycles. The molecule has 1 aromatic carbocycles. The Balaban J connectivity index is 2.13. The number of hydrogen-bond acceptors (Lipinski definition) is 2. The smallest absolute Gasteiger partial charge is 0.125 e. The van der Waals surface area contributed by atoms with Crippen molar-refractivity contribution >= 4 is 10.9 Å². The van der Waals surface area contributed by atoms with Crippen molar-refractivity contribution in [1.29, 1.82) is 0 Å². The Bertz CT molecular complexity index is 573. The molecule has 16 heavy (non-hydrogen) atoms. The van der Waals surface area contributed by atoms with Gasteiger partial charge in [0.25, 0.3) is 0 Å². The van der Waals surface area contributed by atoms with Crippen molar-refractivity contribution in [1.82, 2.24) is 10.3 Å². The van der Waals surface area contributed by atoms with Crippen LogP contribution < -0.4 is 5.32 Å². The van der Waals surface area contributed by atoms with Gasteiger partial charge in [-0.3, -0.25) is 0 Å². The van der Waals surface area contributed by atoms with Crippen molar-refractivity contribution in [3.8, 4) is 5.75 Å². The number of nitrogens with one attached hydrogen (secondary N) is 2. The van der Waals surface area contributed by atoms with E-state index < -0.39 is 6.37 Å². The zero-order valence-corrected chi connectivity index (χ0v) is 8.96. The van der Waals surface area contributed by atoms with Crippen LogP contribution in [0, 0.1) is 0 Å². The largest absolute Gasteiger partial charge is 0.507 e. The maximum atomic E-state index is 9.94. The van der Waals surface area contributed by atoms with Gasteiger partial charge in [-0.2, -0.15) is 0 Å². The van der Waals surface area contributed by atoms with E-state index in [1.165, 1.54) is 0 Å². The number of benzene rings is 1. The van der Waals surface area contributed by atoms with Gasteiger partial charge < -0.3 is 15.4 Å². The normalized spacial score (nSPS) is 23.4.